The molecule has 2 aromatic rings. The lowest BCUT2D eigenvalue weighted by molar-refractivity contribution is 0.387. The van der Waals surface area contributed by atoms with Crippen LogP contribution in [-0.4, -0.2) is 33.7 Å². The second-order valence-electron chi connectivity index (χ2n) is 3.55. The Morgan fingerprint density at radius 3 is 2.89 bits per heavy atom. The molecule has 8 heteroatoms. The molecule has 0 saturated carbocycles. The van der Waals surface area contributed by atoms with E-state index in [1.165, 1.54) is 0 Å². The summed E-state index contributed by atoms with van der Waals surface area (Å²) in [6, 6.07) is 0. The standard InChI is InChI=1S/C10H13ClN6O/c1-6-15-8(17-18-6)3-4-13-9-7(11)5-14-10(12-2)16-9/h5H,3-4H2,1-2H3,(H2,12,13,14,16). The van der Waals surface area contributed by atoms with Crippen molar-refractivity contribution < 1.29 is 4.52 Å². The molecule has 2 rings (SSSR count). The summed E-state index contributed by atoms with van der Waals surface area (Å²) in [5.41, 5.74) is 0. The summed E-state index contributed by atoms with van der Waals surface area (Å²) in [7, 11) is 1.75. The van der Waals surface area contributed by atoms with E-state index in [-0.39, 0.29) is 0 Å². The SMILES string of the molecule is CNc1ncc(Cl)c(NCCc2noc(C)n2)n1. The van der Waals surface area contributed by atoms with Crippen molar-refractivity contribution in [3.8, 4) is 0 Å². The molecule has 96 valence electrons. The zero-order valence-corrected chi connectivity index (χ0v) is 10.8. The number of halogens is 1. The molecule has 0 aliphatic heterocycles. The average molecular weight is 269 g/mol. The first-order chi connectivity index (χ1) is 8.69. The van der Waals surface area contributed by atoms with Crippen molar-refractivity contribution in [1.82, 2.24) is 20.1 Å². The van der Waals surface area contributed by atoms with E-state index >= 15 is 0 Å². The topological polar surface area (TPSA) is 88.8 Å². The Kier molecular flexibility index (Phi) is 3.93. The molecule has 0 amide bonds. The quantitative estimate of drug-likeness (QED) is 0.850. The molecule has 0 radical (unpaired) electrons. The van der Waals surface area contributed by atoms with Crippen molar-refractivity contribution in [3.63, 3.8) is 0 Å². The second kappa shape index (κ2) is 5.63. The van der Waals surface area contributed by atoms with Gasteiger partial charge in [-0.2, -0.15) is 9.97 Å². The summed E-state index contributed by atoms with van der Waals surface area (Å²) in [4.78, 5) is 12.3. The van der Waals surface area contributed by atoms with Crippen molar-refractivity contribution in [1.29, 1.82) is 0 Å². The van der Waals surface area contributed by atoms with Gasteiger partial charge in [0.25, 0.3) is 0 Å². The highest BCUT2D eigenvalue weighted by Gasteiger charge is 2.06. The van der Waals surface area contributed by atoms with Crippen LogP contribution in [0.5, 0.6) is 0 Å². The first-order valence-corrected chi connectivity index (χ1v) is 5.80. The summed E-state index contributed by atoms with van der Waals surface area (Å²) in [5.74, 6) is 2.30. The molecule has 0 spiro atoms. The first kappa shape index (κ1) is 12.6. The monoisotopic (exact) mass is 268 g/mol. The van der Waals surface area contributed by atoms with Gasteiger partial charge in [0.1, 0.15) is 10.8 Å². The van der Waals surface area contributed by atoms with E-state index in [0.29, 0.717) is 41.5 Å². The predicted molar refractivity (Wildman–Crippen MR) is 67.8 cm³/mol. The smallest absolute Gasteiger partial charge is 0.224 e. The number of hydrogen-bond donors (Lipinski definition) is 2. The van der Waals surface area contributed by atoms with Crippen LogP contribution >= 0.6 is 11.6 Å². The minimum Gasteiger partial charge on any atom is -0.368 e. The molecular weight excluding hydrogens is 256 g/mol. The van der Waals surface area contributed by atoms with Crippen molar-refractivity contribution in [2.75, 3.05) is 24.2 Å². The molecule has 0 unspecified atom stereocenters. The van der Waals surface area contributed by atoms with Gasteiger partial charge >= 0.3 is 0 Å². The maximum absolute atomic E-state index is 5.97. The van der Waals surface area contributed by atoms with Crippen LogP contribution in [0.15, 0.2) is 10.7 Å². The van der Waals surface area contributed by atoms with Crippen LogP contribution in [0.4, 0.5) is 11.8 Å². The summed E-state index contributed by atoms with van der Waals surface area (Å²) >= 11 is 5.97. The average Bonchev–Trinajstić information content (AvgIpc) is 2.77. The second-order valence-corrected chi connectivity index (χ2v) is 3.95. The Hall–Kier alpha value is -1.89. The van der Waals surface area contributed by atoms with Crippen molar-refractivity contribution in [3.05, 3.63) is 22.9 Å². The minimum atomic E-state index is 0.471. The predicted octanol–water partition coefficient (Wildman–Crippen LogP) is 1.52. The molecule has 7 nitrogen and oxygen atoms in total. The van der Waals surface area contributed by atoms with E-state index in [0.717, 1.165) is 0 Å². The fraction of sp³-hybridized carbons (Fsp3) is 0.400. The number of anilines is 2. The minimum absolute atomic E-state index is 0.471. The van der Waals surface area contributed by atoms with Crippen LogP contribution in [0, 0.1) is 6.92 Å². The first-order valence-electron chi connectivity index (χ1n) is 5.42. The van der Waals surface area contributed by atoms with Crippen LogP contribution in [0.25, 0.3) is 0 Å². The lowest BCUT2D eigenvalue weighted by atomic mass is 10.4. The molecule has 0 bridgehead atoms. The summed E-state index contributed by atoms with van der Waals surface area (Å²) in [6.07, 6.45) is 2.17. The van der Waals surface area contributed by atoms with Crippen LogP contribution < -0.4 is 10.6 Å². The molecule has 2 N–H and O–H groups in total. The molecular formula is C10H13ClN6O. The van der Waals surface area contributed by atoms with E-state index in [1.54, 1.807) is 20.2 Å². The Labute approximate surface area is 109 Å². The zero-order valence-electron chi connectivity index (χ0n) is 10.1. The maximum Gasteiger partial charge on any atom is 0.224 e. The molecule has 0 aliphatic carbocycles. The van der Waals surface area contributed by atoms with E-state index in [2.05, 4.69) is 30.7 Å². The van der Waals surface area contributed by atoms with Crippen LogP contribution in [0.1, 0.15) is 11.7 Å². The zero-order chi connectivity index (χ0) is 13.0. The van der Waals surface area contributed by atoms with Gasteiger partial charge < -0.3 is 15.2 Å². The third-order valence-corrected chi connectivity index (χ3v) is 2.45. The number of nitrogens with one attached hydrogen (secondary N) is 2. The van der Waals surface area contributed by atoms with E-state index in [1.807, 2.05) is 0 Å². The van der Waals surface area contributed by atoms with E-state index in [9.17, 15) is 0 Å². The number of aryl methyl sites for hydroxylation is 1. The third kappa shape index (κ3) is 3.07. The highest BCUT2D eigenvalue weighted by atomic mass is 35.5. The van der Waals surface area contributed by atoms with Gasteiger partial charge in [-0.05, 0) is 0 Å². The maximum atomic E-state index is 5.97. The summed E-state index contributed by atoms with van der Waals surface area (Å²) < 4.78 is 4.88. The van der Waals surface area contributed by atoms with Gasteiger partial charge in [0.2, 0.25) is 11.8 Å². The fourth-order valence-electron chi connectivity index (χ4n) is 1.35. The van der Waals surface area contributed by atoms with Gasteiger partial charge in [0.05, 0.1) is 6.20 Å². The van der Waals surface area contributed by atoms with E-state index < -0.39 is 0 Å². The molecule has 0 atom stereocenters. The van der Waals surface area contributed by atoms with Gasteiger partial charge in [-0.15, -0.1) is 0 Å². The van der Waals surface area contributed by atoms with Gasteiger partial charge in [-0.3, -0.25) is 0 Å². The molecule has 2 aromatic heterocycles. The highest BCUT2D eigenvalue weighted by Crippen LogP contribution is 2.18. The van der Waals surface area contributed by atoms with E-state index in [4.69, 9.17) is 16.1 Å². The van der Waals surface area contributed by atoms with Crippen LogP contribution in [0.2, 0.25) is 5.02 Å². The van der Waals surface area contributed by atoms with Gasteiger partial charge in [-0.1, -0.05) is 16.8 Å². The summed E-state index contributed by atoms with van der Waals surface area (Å²) in [6.45, 7) is 2.36. The lowest BCUT2D eigenvalue weighted by Gasteiger charge is -2.07. The largest absolute Gasteiger partial charge is 0.368 e. The number of nitrogens with zero attached hydrogens (tertiary/aromatic N) is 4. The lowest BCUT2D eigenvalue weighted by Crippen LogP contribution is -2.09. The molecule has 0 saturated heterocycles. The Morgan fingerprint density at radius 1 is 1.39 bits per heavy atom. The fourth-order valence-corrected chi connectivity index (χ4v) is 1.50. The van der Waals surface area contributed by atoms with Gasteiger partial charge in [0, 0.05) is 26.9 Å². The molecule has 18 heavy (non-hydrogen) atoms. The highest BCUT2D eigenvalue weighted by molar-refractivity contribution is 6.32. The molecule has 0 aliphatic rings. The van der Waals surface area contributed by atoms with Gasteiger partial charge in [-0.25, -0.2) is 4.98 Å². The van der Waals surface area contributed by atoms with Crippen LogP contribution in [-0.2, 0) is 6.42 Å². The van der Waals surface area contributed by atoms with Crippen molar-refractivity contribution in [2.24, 2.45) is 0 Å². The Balaban J connectivity index is 1.93. The molecule has 2 heterocycles. The number of hydrogen-bond acceptors (Lipinski definition) is 7. The third-order valence-electron chi connectivity index (χ3n) is 2.18. The Bertz CT molecular complexity index is 529. The molecule has 0 fully saturated rings. The number of rotatable bonds is 5. The normalized spacial score (nSPS) is 10.4. The van der Waals surface area contributed by atoms with Crippen LogP contribution in [0.3, 0.4) is 0 Å². The van der Waals surface area contributed by atoms with Crippen molar-refractivity contribution in [2.45, 2.75) is 13.3 Å². The van der Waals surface area contributed by atoms with Crippen molar-refractivity contribution >= 4 is 23.4 Å². The number of aromatic nitrogens is 4. The van der Waals surface area contributed by atoms with Gasteiger partial charge in [0.15, 0.2) is 5.82 Å². The Morgan fingerprint density at radius 2 is 2.22 bits per heavy atom. The summed E-state index contributed by atoms with van der Waals surface area (Å²) in [5, 5.41) is 10.2. The molecule has 0 aromatic carbocycles.